The van der Waals surface area contributed by atoms with E-state index in [-0.39, 0.29) is 55.4 Å². The average molecular weight is 615 g/mol. The van der Waals surface area contributed by atoms with Crippen molar-refractivity contribution in [3.8, 4) is 0 Å². The predicted octanol–water partition coefficient (Wildman–Crippen LogP) is 5.95. The molecule has 1 fully saturated rings. The second-order valence-corrected chi connectivity index (χ2v) is 12.7. The number of carbonyl (C=O) groups excluding carboxylic acids is 3. The highest BCUT2D eigenvalue weighted by Crippen LogP contribution is 2.29. The highest BCUT2D eigenvalue weighted by molar-refractivity contribution is 5.86. The molecule has 2 N–H and O–H groups in total. The van der Waals surface area contributed by atoms with E-state index in [1.807, 2.05) is 54.6 Å². The first-order valence-electron chi connectivity index (χ1n) is 16.6. The number of nitrogens with zero attached hydrogens (tertiary/aromatic N) is 1. The van der Waals surface area contributed by atoms with Crippen molar-refractivity contribution in [3.05, 3.63) is 96.6 Å². The zero-order valence-electron chi connectivity index (χ0n) is 26.6. The van der Waals surface area contributed by atoms with Crippen LogP contribution in [0.4, 0.5) is 0 Å². The van der Waals surface area contributed by atoms with Gasteiger partial charge < -0.3 is 20.1 Å². The molecule has 0 bridgehead atoms. The van der Waals surface area contributed by atoms with Crippen LogP contribution >= 0.6 is 0 Å². The Morgan fingerprint density at radius 2 is 1.60 bits per heavy atom. The highest BCUT2D eigenvalue weighted by Gasteiger charge is 2.33. The Morgan fingerprint density at radius 3 is 2.29 bits per heavy atom. The number of ether oxygens (including phenoxy) is 1. The van der Waals surface area contributed by atoms with Crippen LogP contribution in [-0.4, -0.2) is 53.1 Å². The molecule has 1 heterocycles. The molecule has 7 heteroatoms. The number of allylic oxidation sites excluding steroid dienone is 2. The number of amides is 2. The Bertz CT molecular complexity index is 1270. The van der Waals surface area contributed by atoms with Crippen LogP contribution in [0.15, 0.2) is 79.9 Å². The van der Waals surface area contributed by atoms with Crippen LogP contribution in [0.25, 0.3) is 0 Å². The molecule has 2 aliphatic rings. The molecular formula is C38H50N2O5. The van der Waals surface area contributed by atoms with E-state index in [1.165, 1.54) is 19.3 Å². The number of rotatable bonds is 16. The van der Waals surface area contributed by atoms with Crippen LogP contribution in [0.3, 0.4) is 0 Å². The lowest BCUT2D eigenvalue weighted by Crippen LogP contribution is -2.48. The van der Waals surface area contributed by atoms with E-state index in [2.05, 4.69) is 18.5 Å². The minimum atomic E-state index is -0.609. The van der Waals surface area contributed by atoms with Crippen molar-refractivity contribution in [2.45, 2.75) is 89.3 Å². The molecule has 0 spiro atoms. The fourth-order valence-electron chi connectivity index (χ4n) is 6.83. The first-order chi connectivity index (χ1) is 21.9. The van der Waals surface area contributed by atoms with Crippen molar-refractivity contribution in [3.63, 3.8) is 0 Å². The first kappa shape index (κ1) is 34.2. The minimum absolute atomic E-state index is 0.0188. The van der Waals surface area contributed by atoms with Gasteiger partial charge in [-0.25, -0.2) is 0 Å². The smallest absolute Gasteiger partial charge is 0.309 e. The number of fused-ring (bicyclic) bond motifs is 1. The van der Waals surface area contributed by atoms with E-state index >= 15 is 0 Å². The summed E-state index contributed by atoms with van der Waals surface area (Å²) >= 11 is 0. The van der Waals surface area contributed by atoms with Crippen LogP contribution in [0.2, 0.25) is 0 Å². The summed E-state index contributed by atoms with van der Waals surface area (Å²) in [5.41, 5.74) is 3.27. The Balaban J connectivity index is 1.42. The number of nitrogens with one attached hydrogen (secondary N) is 1. The molecule has 242 valence electrons. The highest BCUT2D eigenvalue weighted by atomic mass is 16.5. The topological polar surface area (TPSA) is 95.9 Å². The van der Waals surface area contributed by atoms with Gasteiger partial charge in [-0.1, -0.05) is 98.9 Å². The Morgan fingerprint density at radius 1 is 0.933 bits per heavy atom. The predicted molar refractivity (Wildman–Crippen MR) is 177 cm³/mol. The van der Waals surface area contributed by atoms with Gasteiger partial charge in [0.2, 0.25) is 11.8 Å². The quantitative estimate of drug-likeness (QED) is 0.180. The van der Waals surface area contributed by atoms with Gasteiger partial charge in [0.05, 0.1) is 30.5 Å². The lowest BCUT2D eigenvalue weighted by molar-refractivity contribution is -0.150. The molecule has 1 aliphatic carbocycles. The number of carbonyl (C=O) groups is 3. The van der Waals surface area contributed by atoms with Crippen LogP contribution in [0, 0.1) is 17.8 Å². The number of benzene rings is 2. The summed E-state index contributed by atoms with van der Waals surface area (Å²) in [6.45, 7) is 8.05. The average Bonchev–Trinajstić information content (AvgIpc) is 3.06. The maximum Gasteiger partial charge on any atom is 0.309 e. The molecule has 0 radical (unpaired) electrons. The zero-order chi connectivity index (χ0) is 32.0. The first-order valence-corrected chi connectivity index (χ1v) is 16.6. The normalized spacial score (nSPS) is 18.6. The molecule has 7 nitrogen and oxygen atoms in total. The maximum absolute atomic E-state index is 13.7. The van der Waals surface area contributed by atoms with Crippen LogP contribution in [0.1, 0.15) is 74.5 Å². The Labute approximate surface area is 268 Å². The summed E-state index contributed by atoms with van der Waals surface area (Å²) in [6.07, 6.45) is 11.9. The van der Waals surface area contributed by atoms with E-state index in [1.54, 1.807) is 17.1 Å². The Hall–Kier alpha value is -3.71. The van der Waals surface area contributed by atoms with Gasteiger partial charge in [0, 0.05) is 13.0 Å². The third-order valence-corrected chi connectivity index (χ3v) is 9.35. The van der Waals surface area contributed by atoms with Crippen LogP contribution in [-0.2, 0) is 38.5 Å². The van der Waals surface area contributed by atoms with Crippen molar-refractivity contribution in [1.29, 1.82) is 0 Å². The number of hydrogen-bond donors (Lipinski definition) is 2. The van der Waals surface area contributed by atoms with Crippen molar-refractivity contribution in [2.75, 3.05) is 13.2 Å². The van der Waals surface area contributed by atoms with Crippen LogP contribution < -0.4 is 5.32 Å². The summed E-state index contributed by atoms with van der Waals surface area (Å²) in [5.74, 6) is -1.19. The lowest BCUT2D eigenvalue weighted by atomic mass is 9.84. The molecule has 1 aliphatic heterocycles. The second-order valence-electron chi connectivity index (χ2n) is 12.7. The van der Waals surface area contributed by atoms with E-state index in [0.29, 0.717) is 38.1 Å². The summed E-state index contributed by atoms with van der Waals surface area (Å²) in [6, 6.07) is 17.2. The molecule has 2 amide bonds. The number of esters is 1. The number of aliphatic hydroxyl groups is 1. The summed E-state index contributed by atoms with van der Waals surface area (Å²) < 4.78 is 5.89. The second kappa shape index (κ2) is 17.7. The lowest BCUT2D eigenvalue weighted by Gasteiger charge is -2.37. The standard InChI is InChI=1S/C38H50N2O5/c1-3-13-31(24-36(42)40-25-33-20-12-11-19-30(33)23-35(40)26-41)37(43)39-34(22-29-17-9-6-10-18-29)27-45-38(44)32(14-4-2)21-28-15-7-5-8-16-28/h3-5,7-8,11-12,15-16,19-20,29,31-32,34-35,41H,1-2,6,9-10,13-14,17-18,21-27H2,(H,39,43). The van der Waals surface area contributed by atoms with Crippen molar-refractivity contribution < 1.29 is 24.2 Å². The third-order valence-electron chi connectivity index (χ3n) is 9.35. The molecular weight excluding hydrogens is 564 g/mol. The molecule has 1 saturated carbocycles. The largest absolute Gasteiger partial charge is 0.463 e. The van der Waals surface area contributed by atoms with Crippen molar-refractivity contribution in [1.82, 2.24) is 10.2 Å². The fourth-order valence-corrected chi connectivity index (χ4v) is 6.83. The third kappa shape index (κ3) is 10.1. The molecule has 2 aromatic carbocycles. The van der Waals surface area contributed by atoms with E-state index < -0.39 is 5.92 Å². The van der Waals surface area contributed by atoms with Gasteiger partial charge in [-0.05, 0) is 54.7 Å². The summed E-state index contributed by atoms with van der Waals surface area (Å²) in [4.78, 5) is 42.3. The molecule has 0 saturated heterocycles. The molecule has 0 aromatic heterocycles. The van der Waals surface area contributed by atoms with Crippen LogP contribution in [0.5, 0.6) is 0 Å². The molecule has 2 aromatic rings. The summed E-state index contributed by atoms with van der Waals surface area (Å²) in [7, 11) is 0. The van der Waals surface area contributed by atoms with Gasteiger partial charge >= 0.3 is 5.97 Å². The number of aliphatic hydroxyl groups excluding tert-OH is 1. The molecule has 4 atom stereocenters. The van der Waals surface area contributed by atoms with Crippen molar-refractivity contribution >= 4 is 17.8 Å². The van der Waals surface area contributed by atoms with Gasteiger partial charge in [-0.3, -0.25) is 14.4 Å². The Kier molecular flexibility index (Phi) is 13.4. The zero-order valence-corrected chi connectivity index (χ0v) is 26.6. The minimum Gasteiger partial charge on any atom is -0.463 e. The monoisotopic (exact) mass is 614 g/mol. The SMILES string of the molecule is C=CCC(CC(=O)N1Cc2ccccc2CC1CO)C(=O)NC(COC(=O)C(CC=C)Cc1ccccc1)CC1CCCCC1. The van der Waals surface area contributed by atoms with E-state index in [4.69, 9.17) is 4.74 Å². The summed E-state index contributed by atoms with van der Waals surface area (Å²) in [5, 5.41) is 13.3. The van der Waals surface area contributed by atoms with Crippen molar-refractivity contribution in [2.24, 2.45) is 17.8 Å². The molecule has 4 rings (SSSR count). The van der Waals surface area contributed by atoms with Gasteiger partial charge in [0.1, 0.15) is 6.61 Å². The van der Waals surface area contributed by atoms with E-state index in [0.717, 1.165) is 36.0 Å². The van der Waals surface area contributed by atoms with Gasteiger partial charge in [-0.15, -0.1) is 13.2 Å². The maximum atomic E-state index is 13.7. The van der Waals surface area contributed by atoms with Gasteiger partial charge in [0.15, 0.2) is 0 Å². The molecule has 4 unspecified atom stereocenters. The van der Waals surface area contributed by atoms with E-state index in [9.17, 15) is 19.5 Å². The molecule has 45 heavy (non-hydrogen) atoms. The van der Waals surface area contributed by atoms with Gasteiger partial charge in [-0.2, -0.15) is 0 Å². The van der Waals surface area contributed by atoms with Gasteiger partial charge in [0.25, 0.3) is 0 Å². The number of hydrogen-bond acceptors (Lipinski definition) is 5. The fraction of sp³-hybridized carbons (Fsp3) is 0.500.